The number of hydrazine groups is 1. The normalized spacial score (nSPS) is 10.4. The third kappa shape index (κ3) is 2.13. The standard InChI is InChI=1S/C14H9BrN4O/c15-10-2-4-12-9(5-10)6-13(20-12)11-3-1-8(7-16)14(18-11)19-17/h1-6H,17H2,(H,18,19). The molecule has 0 aliphatic heterocycles. The van der Waals surface area contributed by atoms with E-state index in [2.05, 4.69) is 26.3 Å². The summed E-state index contributed by atoms with van der Waals surface area (Å²) in [7, 11) is 0. The molecule has 1 aromatic carbocycles. The lowest BCUT2D eigenvalue weighted by Gasteiger charge is -2.03. The van der Waals surface area contributed by atoms with E-state index >= 15 is 0 Å². The van der Waals surface area contributed by atoms with Crippen molar-refractivity contribution in [3.05, 3.63) is 46.4 Å². The Morgan fingerprint density at radius 2 is 2.10 bits per heavy atom. The van der Waals surface area contributed by atoms with E-state index in [0.29, 0.717) is 22.8 Å². The number of fused-ring (bicyclic) bond motifs is 1. The summed E-state index contributed by atoms with van der Waals surface area (Å²) in [5.41, 5.74) is 4.19. The number of furan rings is 1. The van der Waals surface area contributed by atoms with Crippen LogP contribution in [0.1, 0.15) is 5.56 Å². The molecule has 0 aliphatic rings. The van der Waals surface area contributed by atoms with Crippen LogP contribution in [0.5, 0.6) is 0 Å². The van der Waals surface area contributed by atoms with Crippen LogP contribution in [0.3, 0.4) is 0 Å². The van der Waals surface area contributed by atoms with E-state index in [1.54, 1.807) is 12.1 Å². The molecule has 0 bridgehead atoms. The highest BCUT2D eigenvalue weighted by molar-refractivity contribution is 9.10. The Morgan fingerprint density at radius 1 is 1.25 bits per heavy atom. The molecule has 0 fully saturated rings. The third-order valence-electron chi connectivity index (χ3n) is 2.88. The maximum atomic E-state index is 8.94. The molecule has 0 saturated carbocycles. The molecular weight excluding hydrogens is 320 g/mol. The summed E-state index contributed by atoms with van der Waals surface area (Å²) >= 11 is 3.42. The number of nitrogens with two attached hydrogens (primary N) is 1. The molecular formula is C14H9BrN4O. The van der Waals surface area contributed by atoms with E-state index in [1.165, 1.54) is 0 Å². The summed E-state index contributed by atoms with van der Waals surface area (Å²) < 4.78 is 6.73. The number of hydrogen-bond donors (Lipinski definition) is 2. The molecule has 6 heteroatoms. The van der Waals surface area contributed by atoms with E-state index in [4.69, 9.17) is 15.5 Å². The molecule has 3 N–H and O–H groups in total. The van der Waals surface area contributed by atoms with Crippen molar-refractivity contribution >= 4 is 32.7 Å². The molecule has 0 unspecified atom stereocenters. The van der Waals surface area contributed by atoms with Crippen LogP contribution >= 0.6 is 15.9 Å². The molecule has 0 atom stereocenters. The molecule has 2 aromatic heterocycles. The lowest BCUT2D eigenvalue weighted by molar-refractivity contribution is 0.629. The number of hydrogen-bond acceptors (Lipinski definition) is 5. The largest absolute Gasteiger partial charge is 0.454 e. The van der Waals surface area contributed by atoms with E-state index < -0.39 is 0 Å². The van der Waals surface area contributed by atoms with Crippen molar-refractivity contribution < 1.29 is 4.42 Å². The summed E-state index contributed by atoms with van der Waals surface area (Å²) in [5.74, 6) is 6.32. The molecule has 3 rings (SSSR count). The van der Waals surface area contributed by atoms with Gasteiger partial charge in [0, 0.05) is 9.86 Å². The van der Waals surface area contributed by atoms with Gasteiger partial charge in [-0.3, -0.25) is 0 Å². The van der Waals surface area contributed by atoms with E-state index in [0.717, 1.165) is 15.4 Å². The van der Waals surface area contributed by atoms with Gasteiger partial charge in [0.1, 0.15) is 17.3 Å². The van der Waals surface area contributed by atoms with Gasteiger partial charge in [0.2, 0.25) is 0 Å². The molecule has 0 saturated heterocycles. The van der Waals surface area contributed by atoms with Crippen molar-refractivity contribution in [2.24, 2.45) is 5.84 Å². The molecule has 0 spiro atoms. The molecule has 0 radical (unpaired) electrons. The van der Waals surface area contributed by atoms with Crippen molar-refractivity contribution in [2.75, 3.05) is 5.43 Å². The van der Waals surface area contributed by atoms with Gasteiger partial charge in [0.15, 0.2) is 11.6 Å². The van der Waals surface area contributed by atoms with Crippen molar-refractivity contribution in [1.29, 1.82) is 5.26 Å². The second kappa shape index (κ2) is 4.96. The number of halogens is 1. The first kappa shape index (κ1) is 12.7. The van der Waals surface area contributed by atoms with Crippen molar-refractivity contribution in [3.63, 3.8) is 0 Å². The first-order chi connectivity index (χ1) is 9.71. The molecule has 0 amide bonds. The predicted molar refractivity (Wildman–Crippen MR) is 79.7 cm³/mol. The fourth-order valence-electron chi connectivity index (χ4n) is 1.94. The fourth-order valence-corrected chi connectivity index (χ4v) is 2.32. The zero-order valence-electron chi connectivity index (χ0n) is 10.2. The maximum Gasteiger partial charge on any atom is 0.158 e. The minimum Gasteiger partial charge on any atom is -0.454 e. The number of nitrogens with zero attached hydrogens (tertiary/aromatic N) is 2. The Labute approximate surface area is 123 Å². The van der Waals surface area contributed by atoms with Crippen LogP contribution in [0.4, 0.5) is 5.82 Å². The Kier molecular flexibility index (Phi) is 3.14. The van der Waals surface area contributed by atoms with E-state index in [9.17, 15) is 0 Å². The van der Waals surface area contributed by atoms with Crippen LogP contribution in [0.2, 0.25) is 0 Å². The number of benzene rings is 1. The summed E-state index contributed by atoms with van der Waals surface area (Å²) in [4.78, 5) is 4.29. The molecule has 5 nitrogen and oxygen atoms in total. The average Bonchev–Trinajstić information content (AvgIpc) is 2.89. The van der Waals surface area contributed by atoms with Gasteiger partial charge >= 0.3 is 0 Å². The lowest BCUT2D eigenvalue weighted by atomic mass is 10.2. The average molecular weight is 329 g/mol. The number of aromatic nitrogens is 1. The van der Waals surface area contributed by atoms with Gasteiger partial charge < -0.3 is 9.84 Å². The number of pyridine rings is 1. The number of nitriles is 1. The Bertz CT molecular complexity index is 835. The first-order valence-electron chi connectivity index (χ1n) is 5.78. The van der Waals surface area contributed by atoms with Gasteiger partial charge in [-0.15, -0.1) is 0 Å². The van der Waals surface area contributed by atoms with Crippen LogP contribution in [0.25, 0.3) is 22.4 Å². The summed E-state index contributed by atoms with van der Waals surface area (Å²) in [6, 6.07) is 13.1. The van der Waals surface area contributed by atoms with Crippen molar-refractivity contribution in [1.82, 2.24) is 4.98 Å². The monoisotopic (exact) mass is 328 g/mol. The summed E-state index contributed by atoms with van der Waals surface area (Å²) in [5, 5.41) is 9.92. The predicted octanol–water partition coefficient (Wildman–Crippen LogP) is 3.41. The van der Waals surface area contributed by atoms with Gasteiger partial charge in [-0.2, -0.15) is 5.26 Å². The minimum atomic E-state index is 0.326. The van der Waals surface area contributed by atoms with Crippen LogP contribution in [0, 0.1) is 11.3 Å². The van der Waals surface area contributed by atoms with Gasteiger partial charge in [0.25, 0.3) is 0 Å². The van der Waals surface area contributed by atoms with E-state index in [1.807, 2.05) is 30.3 Å². The summed E-state index contributed by atoms with van der Waals surface area (Å²) in [6.07, 6.45) is 0. The molecule has 20 heavy (non-hydrogen) atoms. The van der Waals surface area contributed by atoms with Crippen LogP contribution in [-0.4, -0.2) is 4.98 Å². The zero-order chi connectivity index (χ0) is 14.1. The Balaban J connectivity index is 2.13. The maximum absolute atomic E-state index is 8.94. The molecule has 3 aromatic rings. The zero-order valence-corrected chi connectivity index (χ0v) is 11.8. The lowest BCUT2D eigenvalue weighted by Crippen LogP contribution is -2.10. The smallest absolute Gasteiger partial charge is 0.158 e. The quantitative estimate of drug-likeness (QED) is 0.556. The minimum absolute atomic E-state index is 0.326. The number of nitrogens with one attached hydrogen (secondary N) is 1. The molecule has 98 valence electrons. The number of nitrogen functional groups attached to an aromatic ring is 1. The van der Waals surface area contributed by atoms with Crippen molar-refractivity contribution in [3.8, 4) is 17.5 Å². The van der Waals surface area contributed by atoms with Gasteiger partial charge in [-0.05, 0) is 36.4 Å². The van der Waals surface area contributed by atoms with Gasteiger partial charge in [0.05, 0.1) is 5.56 Å². The second-order valence-electron chi connectivity index (χ2n) is 4.14. The fraction of sp³-hybridized carbons (Fsp3) is 0. The van der Waals surface area contributed by atoms with E-state index in [-0.39, 0.29) is 0 Å². The van der Waals surface area contributed by atoms with Gasteiger partial charge in [-0.25, -0.2) is 10.8 Å². The highest BCUT2D eigenvalue weighted by Gasteiger charge is 2.10. The highest BCUT2D eigenvalue weighted by Crippen LogP contribution is 2.29. The second-order valence-corrected chi connectivity index (χ2v) is 5.06. The van der Waals surface area contributed by atoms with Crippen LogP contribution in [0.15, 0.2) is 45.3 Å². The SMILES string of the molecule is N#Cc1ccc(-c2cc3cc(Br)ccc3o2)nc1NN. The first-order valence-corrected chi connectivity index (χ1v) is 6.58. The topological polar surface area (TPSA) is 87.9 Å². The third-order valence-corrected chi connectivity index (χ3v) is 3.38. The number of anilines is 1. The highest BCUT2D eigenvalue weighted by atomic mass is 79.9. The van der Waals surface area contributed by atoms with Crippen LogP contribution in [-0.2, 0) is 0 Å². The molecule has 0 aliphatic carbocycles. The Hall–Kier alpha value is -2.36. The van der Waals surface area contributed by atoms with Crippen LogP contribution < -0.4 is 11.3 Å². The molecule has 2 heterocycles. The number of rotatable bonds is 2. The van der Waals surface area contributed by atoms with Gasteiger partial charge in [-0.1, -0.05) is 15.9 Å². The van der Waals surface area contributed by atoms with Crippen molar-refractivity contribution in [2.45, 2.75) is 0 Å². The summed E-state index contributed by atoms with van der Waals surface area (Å²) in [6.45, 7) is 0. The Morgan fingerprint density at radius 3 is 2.85 bits per heavy atom.